The van der Waals surface area contributed by atoms with Crippen LogP contribution in [0.15, 0.2) is 96.0 Å². The maximum atomic E-state index is 14.2. The summed E-state index contributed by atoms with van der Waals surface area (Å²) in [7, 11) is 0. The van der Waals surface area contributed by atoms with Gasteiger partial charge in [0.15, 0.2) is 5.96 Å². The molecule has 0 heterocycles. The van der Waals surface area contributed by atoms with Gasteiger partial charge in [0.05, 0.1) is 19.7 Å². The quantitative estimate of drug-likeness (QED) is 0.0234. The normalized spacial score (nSPS) is 13.5. The van der Waals surface area contributed by atoms with Gasteiger partial charge in [0, 0.05) is 32.4 Å². The van der Waals surface area contributed by atoms with Crippen molar-refractivity contribution in [1.82, 2.24) is 37.2 Å². The molecule has 0 bridgehead atoms. The molecule has 0 saturated heterocycles. The van der Waals surface area contributed by atoms with E-state index >= 15 is 0 Å². The van der Waals surface area contributed by atoms with Crippen LogP contribution in [0, 0.1) is 0 Å². The van der Waals surface area contributed by atoms with Gasteiger partial charge in [-0.1, -0.05) is 97.9 Å². The molecule has 7 amide bonds. The van der Waals surface area contributed by atoms with Crippen LogP contribution in [-0.4, -0.2) is 115 Å². The average Bonchev–Trinajstić information content (AvgIpc) is 3.27. The molecular formula is C43H59N11O8. The molecule has 19 heteroatoms. The van der Waals surface area contributed by atoms with Gasteiger partial charge in [-0.2, -0.15) is 0 Å². The van der Waals surface area contributed by atoms with Gasteiger partial charge in [-0.15, -0.1) is 0 Å². The Morgan fingerprint density at radius 2 is 1.02 bits per heavy atom. The number of aliphatic hydroxyl groups excluding tert-OH is 1. The van der Waals surface area contributed by atoms with Gasteiger partial charge in [-0.25, -0.2) is 0 Å². The number of primary amides is 1. The van der Waals surface area contributed by atoms with E-state index in [1.165, 1.54) is 0 Å². The predicted octanol–water partition coefficient (Wildman–Crippen LogP) is -2.21. The van der Waals surface area contributed by atoms with E-state index in [9.17, 15) is 38.7 Å². The minimum absolute atomic E-state index is 0.0128. The van der Waals surface area contributed by atoms with Gasteiger partial charge >= 0.3 is 0 Å². The summed E-state index contributed by atoms with van der Waals surface area (Å²) in [6, 6.07) is 19.8. The maximum absolute atomic E-state index is 14.2. The number of amides is 7. The number of rotatable bonds is 26. The molecule has 0 aromatic heterocycles. The highest BCUT2D eigenvalue weighted by molar-refractivity contribution is 5.97. The Morgan fingerprint density at radius 3 is 1.50 bits per heavy atom. The number of nitrogens with two attached hydrogens (primary N) is 3. The summed E-state index contributed by atoms with van der Waals surface area (Å²) in [6.07, 6.45) is 1.18. The predicted molar refractivity (Wildman–Crippen MR) is 232 cm³/mol. The summed E-state index contributed by atoms with van der Waals surface area (Å²) in [5.41, 5.74) is 19.0. The number of nitrogens with zero attached hydrogens (tertiary/aromatic N) is 1. The Labute approximate surface area is 360 Å². The van der Waals surface area contributed by atoms with Gasteiger partial charge in [-0.05, 0) is 36.0 Å². The van der Waals surface area contributed by atoms with Crippen molar-refractivity contribution in [2.45, 2.75) is 75.7 Å². The molecule has 62 heavy (non-hydrogen) atoms. The third-order valence-electron chi connectivity index (χ3n) is 9.35. The zero-order chi connectivity index (χ0) is 45.3. The number of guanidine groups is 1. The molecule has 14 N–H and O–H groups in total. The third kappa shape index (κ3) is 18.2. The fourth-order valence-corrected chi connectivity index (χ4v) is 6.05. The van der Waals surface area contributed by atoms with Gasteiger partial charge in [-0.3, -0.25) is 38.6 Å². The van der Waals surface area contributed by atoms with Crippen LogP contribution in [0.3, 0.4) is 0 Å². The highest BCUT2D eigenvalue weighted by Crippen LogP contribution is 2.09. The molecule has 0 radical (unpaired) electrons. The van der Waals surface area contributed by atoms with Crippen molar-refractivity contribution in [3.63, 3.8) is 0 Å². The molecule has 334 valence electrons. The van der Waals surface area contributed by atoms with E-state index in [0.717, 1.165) is 12.0 Å². The summed E-state index contributed by atoms with van der Waals surface area (Å²) < 4.78 is 0. The molecule has 5 atom stereocenters. The van der Waals surface area contributed by atoms with Gasteiger partial charge in [0.25, 0.3) is 0 Å². The van der Waals surface area contributed by atoms with Crippen molar-refractivity contribution < 1.29 is 38.7 Å². The highest BCUT2D eigenvalue weighted by Gasteiger charge is 2.32. The Balaban J connectivity index is 1.84. The summed E-state index contributed by atoms with van der Waals surface area (Å²) in [5.74, 6) is -5.14. The van der Waals surface area contributed by atoms with Crippen LogP contribution >= 0.6 is 0 Å². The Kier molecular flexibility index (Phi) is 21.6. The summed E-state index contributed by atoms with van der Waals surface area (Å²) >= 11 is 0. The lowest BCUT2D eigenvalue weighted by Gasteiger charge is -2.27. The van der Waals surface area contributed by atoms with Gasteiger partial charge in [0.1, 0.15) is 30.2 Å². The lowest BCUT2D eigenvalue weighted by molar-refractivity contribution is -0.135. The monoisotopic (exact) mass is 857 g/mol. The van der Waals surface area contributed by atoms with Crippen molar-refractivity contribution >= 4 is 47.3 Å². The summed E-state index contributed by atoms with van der Waals surface area (Å²) in [4.78, 5) is 96.6. The van der Waals surface area contributed by atoms with E-state index in [1.54, 1.807) is 91.0 Å². The topological polar surface area (TPSA) is 314 Å². The smallest absolute Gasteiger partial charge is 0.245 e. The van der Waals surface area contributed by atoms with E-state index in [4.69, 9.17) is 17.2 Å². The first-order valence-electron chi connectivity index (χ1n) is 20.4. The molecule has 0 unspecified atom stereocenters. The van der Waals surface area contributed by atoms with Gasteiger partial charge in [0.2, 0.25) is 41.4 Å². The average molecular weight is 858 g/mol. The van der Waals surface area contributed by atoms with Crippen LogP contribution in [0.5, 0.6) is 0 Å². The Hall–Kier alpha value is -6.86. The van der Waals surface area contributed by atoms with E-state index in [0.29, 0.717) is 24.1 Å². The molecule has 3 rings (SSSR count). The SMILES string of the molecule is CCCN=C(N)NCCC[C@H](NC(=O)[C@H](Cc1ccccc1)NC(=O)[C@H](CO)NC(=O)[C@H](Cc1ccccc1)NC(=O)CNC(=O)CN)C(=O)N[C@@H](Cc1ccccc1)C(N)=O. The number of carbonyl (C=O) groups excluding carboxylic acids is 7. The van der Waals surface area contributed by atoms with Crippen molar-refractivity contribution in [1.29, 1.82) is 0 Å². The first-order valence-corrected chi connectivity index (χ1v) is 20.4. The Morgan fingerprint density at radius 1 is 0.581 bits per heavy atom. The van der Waals surface area contributed by atoms with Crippen LogP contribution in [0.4, 0.5) is 0 Å². The summed E-state index contributed by atoms with van der Waals surface area (Å²) in [5, 5.41) is 28.6. The number of benzene rings is 3. The standard InChI is InChI=1S/C43H59N11O8/c1-2-20-47-43(46)48-21-12-19-31(39(59)52-32(38(45)58)22-28-13-6-3-7-14-28)51-41(61)34(24-30-17-10-5-11-18-30)53-42(62)35(27-55)54-40(60)33(23-29-15-8-4-9-16-29)50-37(57)26-49-36(56)25-44/h3-11,13-18,31-35,55H,2,12,19-27,44H2,1H3,(H2,45,58)(H,49,56)(H,50,57)(H,51,61)(H,52,59)(H,53,62)(H,54,60)(H3,46,47,48)/t31-,32-,33-,34-,35-/m0/s1. The van der Waals surface area contributed by atoms with Crippen LogP contribution in [0.1, 0.15) is 42.9 Å². The maximum Gasteiger partial charge on any atom is 0.245 e. The van der Waals surface area contributed by atoms with E-state index < -0.39 is 84.7 Å². The Bertz CT molecular complexity index is 1940. The number of hydrogen-bond donors (Lipinski definition) is 11. The van der Waals surface area contributed by atoms with Crippen molar-refractivity contribution in [2.24, 2.45) is 22.2 Å². The molecule has 0 aliphatic rings. The summed E-state index contributed by atoms with van der Waals surface area (Å²) in [6.45, 7) is 1.05. The fourth-order valence-electron chi connectivity index (χ4n) is 6.05. The van der Waals surface area contributed by atoms with Crippen molar-refractivity contribution in [3.8, 4) is 0 Å². The second-order valence-electron chi connectivity index (χ2n) is 14.3. The molecule has 0 spiro atoms. The first kappa shape index (κ1) is 49.5. The number of aliphatic hydroxyl groups is 1. The van der Waals surface area contributed by atoms with Crippen LogP contribution in [0.25, 0.3) is 0 Å². The lowest BCUT2D eigenvalue weighted by Crippen LogP contribution is -2.60. The van der Waals surface area contributed by atoms with Crippen LogP contribution in [-0.2, 0) is 52.8 Å². The molecule has 19 nitrogen and oxygen atoms in total. The number of nitrogens with one attached hydrogen (secondary N) is 7. The fraction of sp³-hybridized carbons (Fsp3) is 0.395. The second-order valence-corrected chi connectivity index (χ2v) is 14.3. The number of aliphatic imine (C=N–C) groups is 1. The second kappa shape index (κ2) is 27.1. The first-order chi connectivity index (χ1) is 29.8. The number of hydrogen-bond acceptors (Lipinski definition) is 10. The molecule has 0 fully saturated rings. The van der Waals surface area contributed by atoms with E-state index in [1.807, 2.05) is 6.92 Å². The number of carbonyl (C=O) groups is 7. The van der Waals surface area contributed by atoms with Gasteiger partial charge < -0.3 is 59.5 Å². The molecule has 3 aromatic rings. The lowest BCUT2D eigenvalue weighted by atomic mass is 10.0. The minimum atomic E-state index is -1.60. The largest absolute Gasteiger partial charge is 0.394 e. The zero-order valence-electron chi connectivity index (χ0n) is 34.8. The van der Waals surface area contributed by atoms with Crippen molar-refractivity contribution in [3.05, 3.63) is 108 Å². The van der Waals surface area contributed by atoms with Crippen LogP contribution < -0.4 is 54.4 Å². The molecule has 0 saturated carbocycles. The minimum Gasteiger partial charge on any atom is -0.394 e. The third-order valence-corrected chi connectivity index (χ3v) is 9.35. The zero-order valence-corrected chi connectivity index (χ0v) is 34.8. The van der Waals surface area contributed by atoms with E-state index in [2.05, 4.69) is 42.2 Å². The molecule has 0 aliphatic carbocycles. The van der Waals surface area contributed by atoms with Crippen LogP contribution in [0.2, 0.25) is 0 Å². The highest BCUT2D eigenvalue weighted by atomic mass is 16.3. The van der Waals surface area contributed by atoms with E-state index in [-0.39, 0.29) is 44.7 Å². The molecule has 0 aliphatic heterocycles. The molecule has 3 aromatic carbocycles. The molecular weight excluding hydrogens is 799 g/mol. The van der Waals surface area contributed by atoms with Crippen molar-refractivity contribution in [2.75, 3.05) is 32.8 Å².